The van der Waals surface area contributed by atoms with E-state index in [1.54, 1.807) is 19.1 Å². The van der Waals surface area contributed by atoms with E-state index in [2.05, 4.69) is 10.3 Å². The van der Waals surface area contributed by atoms with Crippen LogP contribution in [0.5, 0.6) is 0 Å². The van der Waals surface area contributed by atoms with Gasteiger partial charge in [-0.3, -0.25) is 14.2 Å². The maximum atomic E-state index is 11.9. The number of aromatic nitrogens is 2. The van der Waals surface area contributed by atoms with Crippen molar-refractivity contribution in [2.24, 2.45) is 0 Å². The molecule has 0 aliphatic carbocycles. The zero-order chi connectivity index (χ0) is 14.7. The molecule has 0 aliphatic rings. The van der Waals surface area contributed by atoms with Crippen LogP contribution in [0.4, 0.5) is 5.69 Å². The molecule has 20 heavy (non-hydrogen) atoms. The van der Waals surface area contributed by atoms with Crippen molar-refractivity contribution in [3.8, 4) is 0 Å². The normalized spacial score (nSPS) is 10.3. The summed E-state index contributed by atoms with van der Waals surface area (Å²) in [5.74, 6) is -0.373. The number of amides is 1. The molecule has 1 heterocycles. The Morgan fingerprint density at radius 3 is 2.75 bits per heavy atom. The van der Waals surface area contributed by atoms with Crippen LogP contribution < -0.4 is 10.9 Å². The van der Waals surface area contributed by atoms with Gasteiger partial charge < -0.3 is 5.32 Å². The maximum absolute atomic E-state index is 11.9. The average molecular weight is 312 g/mol. The predicted molar refractivity (Wildman–Crippen MR) is 78.3 cm³/mol. The third-order valence-corrected chi connectivity index (χ3v) is 3.08. The predicted octanol–water partition coefficient (Wildman–Crippen LogP) is 2.50. The number of halogens is 2. The summed E-state index contributed by atoms with van der Waals surface area (Å²) < 4.78 is 1.21. The molecule has 7 heteroatoms. The van der Waals surface area contributed by atoms with Gasteiger partial charge in [0, 0.05) is 16.8 Å². The van der Waals surface area contributed by atoms with Gasteiger partial charge in [0.05, 0.1) is 17.0 Å². The number of hydrogen-bond donors (Lipinski definition) is 1. The van der Waals surface area contributed by atoms with Crippen LogP contribution in [0.2, 0.25) is 10.0 Å². The second kappa shape index (κ2) is 6.07. The quantitative estimate of drug-likeness (QED) is 0.947. The molecule has 1 aromatic carbocycles. The van der Waals surface area contributed by atoms with Crippen LogP contribution >= 0.6 is 23.2 Å². The maximum Gasteiger partial charge on any atom is 0.253 e. The zero-order valence-corrected chi connectivity index (χ0v) is 12.1. The number of aryl methyl sites for hydroxylation is 1. The van der Waals surface area contributed by atoms with Gasteiger partial charge in [-0.1, -0.05) is 23.2 Å². The van der Waals surface area contributed by atoms with E-state index in [4.69, 9.17) is 23.2 Å². The minimum Gasteiger partial charge on any atom is -0.323 e. The zero-order valence-electron chi connectivity index (χ0n) is 10.6. The summed E-state index contributed by atoms with van der Waals surface area (Å²) in [6, 6.07) is 6.10. The minimum atomic E-state index is -0.373. The van der Waals surface area contributed by atoms with Gasteiger partial charge in [-0.25, -0.2) is 4.98 Å². The summed E-state index contributed by atoms with van der Waals surface area (Å²) in [4.78, 5) is 27.5. The molecule has 0 aliphatic heterocycles. The number of anilines is 1. The lowest BCUT2D eigenvalue weighted by Crippen LogP contribution is -2.27. The molecule has 5 nitrogen and oxygen atoms in total. The topological polar surface area (TPSA) is 64.0 Å². The summed E-state index contributed by atoms with van der Waals surface area (Å²) >= 11 is 11.7. The van der Waals surface area contributed by atoms with E-state index in [0.29, 0.717) is 21.4 Å². The van der Waals surface area contributed by atoms with Gasteiger partial charge in [0.15, 0.2) is 0 Å². The van der Waals surface area contributed by atoms with E-state index in [0.717, 1.165) is 0 Å². The van der Waals surface area contributed by atoms with Crippen LogP contribution in [-0.2, 0) is 11.3 Å². The number of benzene rings is 1. The Morgan fingerprint density at radius 1 is 1.35 bits per heavy atom. The SMILES string of the molecule is Cc1cc(=O)n(CC(=O)Nc2ccc(Cl)cc2Cl)cn1. The summed E-state index contributed by atoms with van der Waals surface area (Å²) in [6.07, 6.45) is 1.33. The number of hydrogen-bond acceptors (Lipinski definition) is 3. The first-order valence-corrected chi connectivity index (χ1v) is 6.49. The van der Waals surface area contributed by atoms with Gasteiger partial charge in [0.2, 0.25) is 5.91 Å². The highest BCUT2D eigenvalue weighted by Crippen LogP contribution is 2.25. The van der Waals surface area contributed by atoms with Crippen molar-refractivity contribution in [3.05, 3.63) is 56.7 Å². The molecule has 0 fully saturated rings. The van der Waals surface area contributed by atoms with Crippen LogP contribution in [0.3, 0.4) is 0 Å². The molecule has 0 radical (unpaired) electrons. The molecule has 0 spiro atoms. The summed E-state index contributed by atoms with van der Waals surface area (Å²) in [5, 5.41) is 3.42. The van der Waals surface area contributed by atoms with Crippen molar-refractivity contribution in [3.63, 3.8) is 0 Å². The molecule has 0 saturated heterocycles. The fourth-order valence-corrected chi connectivity index (χ4v) is 2.03. The summed E-state index contributed by atoms with van der Waals surface area (Å²) in [7, 11) is 0. The van der Waals surface area contributed by atoms with Gasteiger partial charge in [0.25, 0.3) is 5.56 Å². The second-order valence-electron chi connectivity index (χ2n) is 4.17. The van der Waals surface area contributed by atoms with Crippen LogP contribution in [0, 0.1) is 6.92 Å². The molecule has 0 saturated carbocycles. The molecule has 1 amide bonds. The summed E-state index contributed by atoms with van der Waals surface area (Å²) in [6.45, 7) is 1.57. The first-order valence-electron chi connectivity index (χ1n) is 5.73. The van der Waals surface area contributed by atoms with Crippen LogP contribution in [0.25, 0.3) is 0 Å². The largest absolute Gasteiger partial charge is 0.323 e. The molecule has 0 bridgehead atoms. The Kier molecular flexibility index (Phi) is 4.42. The molecule has 104 valence electrons. The number of rotatable bonds is 3. The number of nitrogens with one attached hydrogen (secondary N) is 1. The fraction of sp³-hybridized carbons (Fsp3) is 0.154. The first-order chi connectivity index (χ1) is 9.45. The van der Waals surface area contributed by atoms with Crippen molar-refractivity contribution in [2.45, 2.75) is 13.5 Å². The number of nitrogens with zero attached hydrogens (tertiary/aromatic N) is 2. The Hall–Kier alpha value is -1.85. The second-order valence-corrected chi connectivity index (χ2v) is 5.01. The lowest BCUT2D eigenvalue weighted by molar-refractivity contribution is -0.116. The highest BCUT2D eigenvalue weighted by atomic mass is 35.5. The van der Waals surface area contributed by atoms with Gasteiger partial charge in [-0.2, -0.15) is 0 Å². The number of carbonyl (C=O) groups excluding carboxylic acids is 1. The highest BCUT2D eigenvalue weighted by Gasteiger charge is 2.08. The van der Waals surface area contributed by atoms with Crippen LogP contribution in [0.1, 0.15) is 5.69 Å². The molecule has 0 unspecified atom stereocenters. The summed E-state index contributed by atoms with van der Waals surface area (Å²) in [5.41, 5.74) is 0.761. The number of carbonyl (C=O) groups is 1. The first kappa shape index (κ1) is 14.6. The Morgan fingerprint density at radius 2 is 2.10 bits per heavy atom. The third-order valence-electron chi connectivity index (χ3n) is 2.54. The fourth-order valence-electron chi connectivity index (χ4n) is 1.57. The standard InChI is InChI=1S/C13H11Cl2N3O2/c1-8-4-13(20)18(7-16-8)6-12(19)17-11-3-2-9(14)5-10(11)15/h2-5,7H,6H2,1H3,(H,17,19). The van der Waals surface area contributed by atoms with E-state index in [-0.39, 0.29) is 18.0 Å². The molecular formula is C13H11Cl2N3O2. The van der Waals surface area contributed by atoms with E-state index in [1.165, 1.54) is 23.0 Å². The Bertz CT molecular complexity index is 713. The smallest absolute Gasteiger partial charge is 0.253 e. The highest BCUT2D eigenvalue weighted by molar-refractivity contribution is 6.36. The average Bonchev–Trinajstić information content (AvgIpc) is 2.36. The molecule has 2 rings (SSSR count). The molecule has 2 aromatic rings. The van der Waals surface area contributed by atoms with Crippen molar-refractivity contribution >= 4 is 34.8 Å². The van der Waals surface area contributed by atoms with E-state index in [9.17, 15) is 9.59 Å². The monoisotopic (exact) mass is 311 g/mol. The van der Waals surface area contributed by atoms with Crippen molar-refractivity contribution < 1.29 is 4.79 Å². The van der Waals surface area contributed by atoms with Gasteiger partial charge in [0.1, 0.15) is 6.54 Å². The van der Waals surface area contributed by atoms with Crippen molar-refractivity contribution in [2.75, 3.05) is 5.32 Å². The van der Waals surface area contributed by atoms with Gasteiger partial charge in [-0.15, -0.1) is 0 Å². The molecule has 1 N–H and O–H groups in total. The van der Waals surface area contributed by atoms with E-state index >= 15 is 0 Å². The van der Waals surface area contributed by atoms with Crippen molar-refractivity contribution in [1.29, 1.82) is 0 Å². The van der Waals surface area contributed by atoms with E-state index < -0.39 is 0 Å². The van der Waals surface area contributed by atoms with Crippen LogP contribution in [-0.4, -0.2) is 15.5 Å². The lowest BCUT2D eigenvalue weighted by Gasteiger charge is -2.08. The molecular weight excluding hydrogens is 301 g/mol. The third kappa shape index (κ3) is 3.59. The van der Waals surface area contributed by atoms with Crippen LogP contribution in [0.15, 0.2) is 35.4 Å². The molecule has 1 aromatic heterocycles. The van der Waals surface area contributed by atoms with E-state index in [1.807, 2.05) is 0 Å². The van der Waals surface area contributed by atoms with Crippen molar-refractivity contribution in [1.82, 2.24) is 9.55 Å². The Labute approximate surface area is 125 Å². The van der Waals surface area contributed by atoms with Gasteiger partial charge in [-0.05, 0) is 25.1 Å². The lowest BCUT2D eigenvalue weighted by atomic mass is 10.3. The minimum absolute atomic E-state index is 0.134. The van der Waals surface area contributed by atoms with Gasteiger partial charge >= 0.3 is 0 Å². The Balaban J connectivity index is 2.11. The molecule has 0 atom stereocenters.